The molecule has 1 aliphatic heterocycles. The zero-order valence-electron chi connectivity index (χ0n) is 26.0. The molecule has 0 radical (unpaired) electrons. The normalized spacial score (nSPS) is 18.1. The summed E-state index contributed by atoms with van der Waals surface area (Å²) >= 11 is 1.24. The topological polar surface area (TPSA) is 163 Å². The van der Waals surface area contributed by atoms with E-state index < -0.39 is 71.9 Å². The van der Waals surface area contributed by atoms with E-state index in [2.05, 4.69) is 10.1 Å². The monoisotopic (exact) mass is 700 g/mol. The van der Waals surface area contributed by atoms with Crippen LogP contribution in [0.5, 0.6) is 0 Å². The maximum Gasteiger partial charge on any atom is 0.345 e. The Balaban J connectivity index is 1.48. The number of allylic oxidation sites excluding steroid dienone is 2. The summed E-state index contributed by atoms with van der Waals surface area (Å²) in [6, 6.07) is 8.82. The minimum absolute atomic E-state index is 0.165. The molecule has 2 aromatic carbocycles. The number of hydrogen-bond acceptors (Lipinski definition) is 11. The fourth-order valence-corrected chi connectivity index (χ4v) is 6.14. The third-order valence-corrected chi connectivity index (χ3v) is 8.62. The van der Waals surface area contributed by atoms with Crippen molar-refractivity contribution in [2.75, 3.05) is 19.8 Å². The van der Waals surface area contributed by atoms with Crippen LogP contribution in [0.2, 0.25) is 0 Å². The Hall–Kier alpha value is -4.98. The number of benzene rings is 2. The second kappa shape index (κ2) is 17.4. The van der Waals surface area contributed by atoms with Crippen molar-refractivity contribution in [3.63, 3.8) is 0 Å². The molecule has 2 heterocycles. The molecular formula is C33H31F3N4O8S. The minimum atomic E-state index is -1.86. The molecule has 1 fully saturated rings. The molecule has 0 aliphatic carbocycles. The number of aromatic nitrogens is 3. The Morgan fingerprint density at radius 3 is 2.55 bits per heavy atom. The third kappa shape index (κ3) is 10.5. The molecule has 49 heavy (non-hydrogen) atoms. The van der Waals surface area contributed by atoms with Crippen LogP contribution in [0.25, 0.3) is 6.08 Å². The first-order valence-corrected chi connectivity index (χ1v) is 15.7. The van der Waals surface area contributed by atoms with Gasteiger partial charge in [0.25, 0.3) is 0 Å². The van der Waals surface area contributed by atoms with Gasteiger partial charge in [-0.2, -0.15) is 10.4 Å². The summed E-state index contributed by atoms with van der Waals surface area (Å²) in [5.74, 6) is -5.65. The number of hydrogen-bond donors (Lipinski definition) is 1. The van der Waals surface area contributed by atoms with Gasteiger partial charge in [0.15, 0.2) is 18.5 Å². The van der Waals surface area contributed by atoms with Crippen molar-refractivity contribution in [2.45, 2.75) is 48.7 Å². The van der Waals surface area contributed by atoms with Crippen LogP contribution in [0.4, 0.5) is 13.2 Å². The molecule has 1 saturated heterocycles. The molecule has 0 saturated carbocycles. The Labute approximate surface area is 283 Å². The highest BCUT2D eigenvalue weighted by atomic mass is 32.2. The molecule has 1 aliphatic rings. The summed E-state index contributed by atoms with van der Waals surface area (Å²) in [7, 11) is 0. The molecule has 0 bridgehead atoms. The van der Waals surface area contributed by atoms with E-state index in [1.165, 1.54) is 47.3 Å². The van der Waals surface area contributed by atoms with Crippen molar-refractivity contribution in [1.29, 1.82) is 5.26 Å². The summed E-state index contributed by atoms with van der Waals surface area (Å²) in [5.41, 5.74) is -1.53. The van der Waals surface area contributed by atoms with Gasteiger partial charge in [0.05, 0.1) is 49.5 Å². The molecule has 4 rings (SSSR count). The fourth-order valence-electron chi connectivity index (χ4n) is 4.78. The average molecular weight is 701 g/mol. The van der Waals surface area contributed by atoms with Crippen LogP contribution in [0.1, 0.15) is 36.5 Å². The van der Waals surface area contributed by atoms with Crippen molar-refractivity contribution in [3.05, 3.63) is 101 Å². The number of rotatable bonds is 15. The van der Waals surface area contributed by atoms with Crippen LogP contribution in [0, 0.1) is 28.8 Å². The van der Waals surface area contributed by atoms with E-state index in [1.807, 2.05) is 6.07 Å². The van der Waals surface area contributed by atoms with Crippen LogP contribution in [-0.4, -0.2) is 74.4 Å². The van der Waals surface area contributed by atoms with Crippen molar-refractivity contribution >= 4 is 35.7 Å². The highest BCUT2D eigenvalue weighted by Crippen LogP contribution is 2.42. The van der Waals surface area contributed by atoms with Gasteiger partial charge < -0.3 is 24.1 Å². The van der Waals surface area contributed by atoms with Gasteiger partial charge in [-0.05, 0) is 37.3 Å². The van der Waals surface area contributed by atoms with Gasteiger partial charge in [0.1, 0.15) is 30.1 Å². The summed E-state index contributed by atoms with van der Waals surface area (Å²) < 4.78 is 67.3. The van der Waals surface area contributed by atoms with Crippen LogP contribution in [0.15, 0.2) is 67.3 Å². The number of ether oxygens (including phenoxy) is 4. The van der Waals surface area contributed by atoms with Gasteiger partial charge in [-0.25, -0.2) is 27.6 Å². The number of esters is 2. The largest absolute Gasteiger partial charge is 0.481 e. The first-order chi connectivity index (χ1) is 23.5. The SMILES string of the molecule is C[C@@H](SC1COC(C=CC=Cc2ccc(C#N)cc2F)OC1)[C@@](Cn1cncn1)(OC(=O)COC(=O)CCC(=O)O)c1ccc(F)cc1F. The van der Waals surface area contributed by atoms with Crippen LogP contribution in [-0.2, 0) is 45.5 Å². The third-order valence-electron chi connectivity index (χ3n) is 7.17. The smallest absolute Gasteiger partial charge is 0.345 e. The number of carbonyl (C=O) groups is 3. The number of halogens is 3. The van der Waals surface area contributed by atoms with Gasteiger partial charge in [0.2, 0.25) is 0 Å². The number of thioether (sulfide) groups is 1. The molecule has 1 aromatic heterocycles. The quantitative estimate of drug-likeness (QED) is 0.174. The van der Waals surface area contributed by atoms with Gasteiger partial charge >= 0.3 is 17.9 Å². The number of aliphatic carboxylic acids is 1. The van der Waals surface area contributed by atoms with E-state index in [0.717, 1.165) is 18.2 Å². The van der Waals surface area contributed by atoms with Gasteiger partial charge in [-0.1, -0.05) is 24.3 Å². The lowest BCUT2D eigenvalue weighted by molar-refractivity contribution is -0.173. The van der Waals surface area contributed by atoms with Gasteiger partial charge in [-0.3, -0.25) is 9.59 Å². The molecule has 2 atom stereocenters. The summed E-state index contributed by atoms with van der Waals surface area (Å²) in [6.45, 7) is 0.828. The molecule has 1 N–H and O–H groups in total. The zero-order chi connectivity index (χ0) is 35.4. The lowest BCUT2D eigenvalue weighted by Crippen LogP contribution is -2.47. The predicted octanol–water partition coefficient (Wildman–Crippen LogP) is 4.55. The molecule has 16 heteroatoms. The maximum atomic E-state index is 15.5. The number of carboxylic acids is 1. The first-order valence-electron chi connectivity index (χ1n) is 14.8. The molecule has 0 amide bonds. The van der Waals surface area contributed by atoms with Crippen molar-refractivity contribution in [2.24, 2.45) is 0 Å². The van der Waals surface area contributed by atoms with Crippen LogP contribution >= 0.6 is 11.8 Å². The highest BCUT2D eigenvalue weighted by molar-refractivity contribution is 8.00. The Kier molecular flexibility index (Phi) is 13.1. The van der Waals surface area contributed by atoms with E-state index in [0.29, 0.717) is 11.6 Å². The second-order valence-electron chi connectivity index (χ2n) is 10.7. The highest BCUT2D eigenvalue weighted by Gasteiger charge is 2.47. The Morgan fingerprint density at radius 2 is 1.90 bits per heavy atom. The molecular weight excluding hydrogens is 669 g/mol. The lowest BCUT2D eigenvalue weighted by Gasteiger charge is -2.40. The lowest BCUT2D eigenvalue weighted by atomic mass is 9.89. The fraction of sp³-hybridized carbons (Fsp3) is 0.333. The predicted molar refractivity (Wildman–Crippen MR) is 168 cm³/mol. The zero-order valence-corrected chi connectivity index (χ0v) is 26.9. The molecule has 0 spiro atoms. The number of carbonyl (C=O) groups excluding carboxylic acids is 2. The number of nitrogens with zero attached hydrogens (tertiary/aromatic N) is 4. The second-order valence-corrected chi connectivity index (χ2v) is 12.3. The van der Waals surface area contributed by atoms with Gasteiger partial charge in [-0.15, -0.1) is 11.8 Å². The molecule has 0 unspecified atom stereocenters. The first kappa shape index (κ1) is 36.8. The summed E-state index contributed by atoms with van der Waals surface area (Å²) in [6.07, 6.45) is 7.18. The van der Waals surface area contributed by atoms with Crippen molar-refractivity contribution in [1.82, 2.24) is 14.8 Å². The Bertz CT molecular complexity index is 1720. The summed E-state index contributed by atoms with van der Waals surface area (Å²) in [5, 5.41) is 20.6. The maximum absolute atomic E-state index is 15.5. The molecule has 3 aromatic rings. The van der Waals surface area contributed by atoms with Crippen molar-refractivity contribution < 1.29 is 51.6 Å². The minimum Gasteiger partial charge on any atom is -0.481 e. The van der Waals surface area contributed by atoms with Gasteiger partial charge in [0, 0.05) is 22.4 Å². The number of nitriles is 1. The molecule has 258 valence electrons. The summed E-state index contributed by atoms with van der Waals surface area (Å²) in [4.78, 5) is 39.7. The Morgan fingerprint density at radius 1 is 1.12 bits per heavy atom. The average Bonchev–Trinajstić information content (AvgIpc) is 3.58. The standard InChI is InChI=1S/C33H31F3N4O8S/c1-21(49-25-15-46-32(47-16-25)5-3-2-4-23-7-6-22(14-37)12-27(23)35)33(18-40-20-38-19-39-40,26-9-8-24(34)13-28(26)36)48-31(44)17-45-30(43)11-10-29(41)42/h2-9,12-13,19-21,25,32H,10-11,15-18H2,1H3,(H,41,42)/t21-,25?,32?,33-/m1/s1. The van der Waals surface area contributed by atoms with E-state index in [-0.39, 0.29) is 36.1 Å². The number of carboxylic acid groups (broad SMARTS) is 1. The van der Waals surface area contributed by atoms with Crippen molar-refractivity contribution in [3.8, 4) is 6.07 Å². The van der Waals surface area contributed by atoms with E-state index in [9.17, 15) is 23.2 Å². The van der Waals surface area contributed by atoms with E-state index in [1.54, 1.807) is 25.2 Å². The van der Waals surface area contributed by atoms with Crippen LogP contribution in [0.3, 0.4) is 0 Å². The van der Waals surface area contributed by atoms with E-state index in [4.69, 9.17) is 29.3 Å². The molecule has 12 nitrogen and oxygen atoms in total. The van der Waals surface area contributed by atoms with E-state index >= 15 is 4.39 Å². The van der Waals surface area contributed by atoms with Crippen LogP contribution < -0.4 is 0 Å².